The van der Waals surface area contributed by atoms with Crippen LogP contribution >= 0.6 is 23.2 Å². The number of ether oxygens (including phenoxy) is 1. The largest absolute Gasteiger partial charge is 0.497 e. The lowest BCUT2D eigenvalue weighted by molar-refractivity contribution is 0.220. The zero-order valence-corrected chi connectivity index (χ0v) is 12.2. The lowest BCUT2D eigenvalue weighted by atomic mass is 10.00. The quantitative estimate of drug-likeness (QED) is 0.910. The molecule has 0 heterocycles. The van der Waals surface area contributed by atoms with Crippen molar-refractivity contribution in [1.29, 1.82) is 0 Å². The first-order valence-electron chi connectivity index (χ1n) is 5.80. The minimum atomic E-state index is -0.855. The van der Waals surface area contributed by atoms with Gasteiger partial charge in [-0.15, -0.1) is 0 Å². The maximum absolute atomic E-state index is 10.4. The molecule has 2 rings (SSSR count). The van der Waals surface area contributed by atoms with E-state index in [1.807, 2.05) is 6.92 Å². The fraction of sp³-hybridized carbons (Fsp3) is 0.200. The highest BCUT2D eigenvalue weighted by molar-refractivity contribution is 6.36. The Labute approximate surface area is 122 Å². The van der Waals surface area contributed by atoms with Gasteiger partial charge in [-0.3, -0.25) is 0 Å². The van der Waals surface area contributed by atoms with Gasteiger partial charge in [-0.05, 0) is 42.3 Å². The minimum absolute atomic E-state index is 0.466. The van der Waals surface area contributed by atoms with Crippen LogP contribution in [0.5, 0.6) is 5.75 Å². The van der Waals surface area contributed by atoms with Crippen molar-refractivity contribution >= 4 is 23.2 Å². The summed E-state index contributed by atoms with van der Waals surface area (Å²) in [5, 5.41) is 11.3. The Morgan fingerprint density at radius 2 is 1.58 bits per heavy atom. The Kier molecular flexibility index (Phi) is 4.35. The summed E-state index contributed by atoms with van der Waals surface area (Å²) in [6, 6.07) is 10.7. The van der Waals surface area contributed by atoms with E-state index in [1.54, 1.807) is 43.5 Å². The molecule has 0 amide bonds. The summed E-state index contributed by atoms with van der Waals surface area (Å²) in [6.07, 6.45) is -0.855. The Hall–Kier alpha value is -1.22. The molecule has 2 aromatic carbocycles. The van der Waals surface area contributed by atoms with Gasteiger partial charge in [-0.2, -0.15) is 0 Å². The van der Waals surface area contributed by atoms with Crippen LogP contribution < -0.4 is 4.74 Å². The zero-order chi connectivity index (χ0) is 14.0. The Morgan fingerprint density at radius 3 is 2.05 bits per heavy atom. The summed E-state index contributed by atoms with van der Waals surface area (Å²) in [6.45, 7) is 1.90. The van der Waals surface area contributed by atoms with Crippen LogP contribution in [0.3, 0.4) is 0 Å². The average molecular weight is 297 g/mol. The number of aliphatic hydroxyl groups is 1. The molecule has 2 aromatic rings. The van der Waals surface area contributed by atoms with Crippen LogP contribution in [-0.2, 0) is 0 Å². The van der Waals surface area contributed by atoms with Crippen molar-refractivity contribution in [1.82, 2.24) is 0 Å². The number of halogens is 2. The van der Waals surface area contributed by atoms with Gasteiger partial charge in [-0.25, -0.2) is 0 Å². The Balaban J connectivity index is 2.40. The maximum atomic E-state index is 10.4. The topological polar surface area (TPSA) is 29.5 Å². The number of rotatable bonds is 3. The molecule has 100 valence electrons. The maximum Gasteiger partial charge on any atom is 0.118 e. The van der Waals surface area contributed by atoms with Crippen LogP contribution in [0.2, 0.25) is 10.0 Å². The smallest absolute Gasteiger partial charge is 0.118 e. The lowest BCUT2D eigenvalue weighted by Crippen LogP contribution is -2.02. The third kappa shape index (κ3) is 3.03. The van der Waals surface area contributed by atoms with Gasteiger partial charge in [0.1, 0.15) is 11.9 Å². The predicted octanol–water partition coefficient (Wildman–Crippen LogP) is 4.39. The van der Waals surface area contributed by atoms with Gasteiger partial charge in [0.15, 0.2) is 0 Å². The van der Waals surface area contributed by atoms with E-state index >= 15 is 0 Å². The van der Waals surface area contributed by atoms with Gasteiger partial charge >= 0.3 is 0 Å². The first-order valence-corrected chi connectivity index (χ1v) is 6.56. The number of aryl methyl sites for hydroxylation is 1. The van der Waals surface area contributed by atoms with Gasteiger partial charge < -0.3 is 9.84 Å². The molecule has 0 radical (unpaired) electrons. The molecule has 0 aliphatic carbocycles. The standard InChI is InChI=1S/C15H14Cl2O2/c1-9-7-12(16)14(13(17)8-9)15(18)10-3-5-11(19-2)6-4-10/h3-8,15,18H,1-2H3. The van der Waals surface area contributed by atoms with Gasteiger partial charge in [0, 0.05) is 15.6 Å². The Morgan fingerprint density at radius 1 is 1.05 bits per heavy atom. The Bertz CT molecular complexity index is 556. The van der Waals surface area contributed by atoms with Gasteiger partial charge in [0.05, 0.1) is 7.11 Å². The molecule has 1 unspecified atom stereocenters. The number of hydrogen-bond donors (Lipinski definition) is 1. The van der Waals surface area contributed by atoms with E-state index in [1.165, 1.54) is 0 Å². The molecule has 0 fully saturated rings. The number of hydrogen-bond acceptors (Lipinski definition) is 2. The first-order chi connectivity index (χ1) is 9.02. The summed E-state index contributed by atoms with van der Waals surface area (Å²) in [7, 11) is 1.60. The summed E-state index contributed by atoms with van der Waals surface area (Å²) >= 11 is 12.3. The second-order valence-electron chi connectivity index (χ2n) is 4.32. The number of benzene rings is 2. The molecule has 0 bridgehead atoms. The number of aliphatic hydroxyl groups excluding tert-OH is 1. The van der Waals surface area contributed by atoms with Crippen LogP contribution in [0, 0.1) is 6.92 Å². The van der Waals surface area contributed by atoms with E-state index in [9.17, 15) is 5.11 Å². The van der Waals surface area contributed by atoms with Gasteiger partial charge in [0.2, 0.25) is 0 Å². The van der Waals surface area contributed by atoms with Crippen molar-refractivity contribution in [3.63, 3.8) is 0 Å². The van der Waals surface area contributed by atoms with E-state index in [0.29, 0.717) is 21.2 Å². The second-order valence-corrected chi connectivity index (χ2v) is 5.13. The molecule has 0 aliphatic rings. The van der Waals surface area contributed by atoms with Crippen molar-refractivity contribution in [2.45, 2.75) is 13.0 Å². The summed E-state index contributed by atoms with van der Waals surface area (Å²) in [5.41, 5.74) is 2.20. The molecular formula is C15H14Cl2O2. The van der Waals surface area contributed by atoms with E-state index in [4.69, 9.17) is 27.9 Å². The third-order valence-electron chi connectivity index (χ3n) is 2.93. The summed E-state index contributed by atoms with van der Waals surface area (Å²) in [4.78, 5) is 0. The van der Waals surface area contributed by atoms with Crippen LogP contribution in [-0.4, -0.2) is 12.2 Å². The van der Waals surface area contributed by atoms with Crippen LogP contribution in [0.15, 0.2) is 36.4 Å². The van der Waals surface area contributed by atoms with Crippen molar-refractivity contribution in [3.05, 3.63) is 63.1 Å². The minimum Gasteiger partial charge on any atom is -0.497 e. The molecule has 1 N–H and O–H groups in total. The van der Waals surface area contributed by atoms with Crippen molar-refractivity contribution < 1.29 is 9.84 Å². The molecule has 0 saturated carbocycles. The molecule has 2 nitrogen and oxygen atoms in total. The molecule has 0 spiro atoms. The molecule has 19 heavy (non-hydrogen) atoms. The van der Waals surface area contributed by atoms with E-state index < -0.39 is 6.10 Å². The van der Waals surface area contributed by atoms with Crippen molar-refractivity contribution in [2.75, 3.05) is 7.11 Å². The van der Waals surface area contributed by atoms with Gasteiger partial charge in [0.25, 0.3) is 0 Å². The highest BCUT2D eigenvalue weighted by atomic mass is 35.5. The fourth-order valence-electron chi connectivity index (χ4n) is 1.93. The second kappa shape index (κ2) is 5.83. The fourth-order valence-corrected chi connectivity index (χ4v) is 2.73. The molecule has 1 atom stereocenters. The normalized spacial score (nSPS) is 12.3. The van der Waals surface area contributed by atoms with Crippen LogP contribution in [0.1, 0.15) is 22.8 Å². The molecule has 0 saturated heterocycles. The molecule has 4 heteroatoms. The first kappa shape index (κ1) is 14.2. The monoisotopic (exact) mass is 296 g/mol. The zero-order valence-electron chi connectivity index (χ0n) is 10.7. The molecule has 0 aliphatic heterocycles. The predicted molar refractivity (Wildman–Crippen MR) is 78.3 cm³/mol. The van der Waals surface area contributed by atoms with E-state index in [2.05, 4.69) is 0 Å². The molecule has 0 aromatic heterocycles. The highest BCUT2D eigenvalue weighted by Crippen LogP contribution is 2.35. The SMILES string of the molecule is COc1ccc(C(O)c2c(Cl)cc(C)cc2Cl)cc1. The third-order valence-corrected chi connectivity index (χ3v) is 3.55. The average Bonchev–Trinajstić information content (AvgIpc) is 2.37. The van der Waals surface area contributed by atoms with Gasteiger partial charge in [-0.1, -0.05) is 35.3 Å². The van der Waals surface area contributed by atoms with Crippen LogP contribution in [0.4, 0.5) is 0 Å². The lowest BCUT2D eigenvalue weighted by Gasteiger charge is -2.16. The van der Waals surface area contributed by atoms with E-state index in [-0.39, 0.29) is 0 Å². The van der Waals surface area contributed by atoms with Crippen molar-refractivity contribution in [3.8, 4) is 5.75 Å². The summed E-state index contributed by atoms with van der Waals surface area (Å²) in [5.74, 6) is 0.733. The molecular weight excluding hydrogens is 283 g/mol. The summed E-state index contributed by atoms with van der Waals surface area (Å²) < 4.78 is 5.08. The van der Waals surface area contributed by atoms with Crippen LogP contribution in [0.25, 0.3) is 0 Å². The van der Waals surface area contributed by atoms with Crippen molar-refractivity contribution in [2.24, 2.45) is 0 Å². The number of methoxy groups -OCH3 is 1. The van der Waals surface area contributed by atoms with E-state index in [0.717, 1.165) is 11.3 Å². The highest BCUT2D eigenvalue weighted by Gasteiger charge is 2.18.